The van der Waals surface area contributed by atoms with Gasteiger partial charge < -0.3 is 15.8 Å². The van der Waals surface area contributed by atoms with E-state index in [4.69, 9.17) is 10.5 Å². The SMILES string of the molecule is CCOC1CC(N)(CNC2C3C4CCC(C4)C23)C1(C)C. The Hall–Kier alpha value is -0.120. The highest BCUT2D eigenvalue weighted by atomic mass is 16.5. The Labute approximate surface area is 123 Å². The van der Waals surface area contributed by atoms with E-state index in [9.17, 15) is 0 Å². The van der Waals surface area contributed by atoms with E-state index in [1.165, 1.54) is 19.3 Å². The summed E-state index contributed by atoms with van der Waals surface area (Å²) in [5.74, 6) is 4.09. The molecule has 0 aliphatic heterocycles. The zero-order chi connectivity index (χ0) is 14.1. The second-order valence-electron chi connectivity index (χ2n) is 8.42. The lowest BCUT2D eigenvalue weighted by Gasteiger charge is -2.59. The predicted octanol–water partition coefficient (Wildman–Crippen LogP) is 2.15. The second-order valence-corrected chi connectivity index (χ2v) is 8.42. The average molecular weight is 278 g/mol. The van der Waals surface area contributed by atoms with E-state index < -0.39 is 0 Å². The Morgan fingerprint density at radius 2 is 1.85 bits per heavy atom. The van der Waals surface area contributed by atoms with Crippen LogP contribution < -0.4 is 11.1 Å². The van der Waals surface area contributed by atoms with Gasteiger partial charge in [0.15, 0.2) is 0 Å². The van der Waals surface area contributed by atoms with Gasteiger partial charge in [0.05, 0.1) is 6.10 Å². The van der Waals surface area contributed by atoms with E-state index >= 15 is 0 Å². The van der Waals surface area contributed by atoms with Crippen molar-refractivity contribution in [3.8, 4) is 0 Å². The molecule has 0 aromatic rings. The molecule has 3 heteroatoms. The van der Waals surface area contributed by atoms with Gasteiger partial charge in [-0.25, -0.2) is 0 Å². The molecule has 4 saturated carbocycles. The third-order valence-electron chi connectivity index (χ3n) is 7.39. The number of fused-ring (bicyclic) bond motifs is 5. The van der Waals surface area contributed by atoms with Crippen molar-refractivity contribution in [2.24, 2.45) is 34.8 Å². The molecule has 4 rings (SSSR count). The van der Waals surface area contributed by atoms with Gasteiger partial charge in [0.25, 0.3) is 0 Å². The van der Waals surface area contributed by atoms with Crippen LogP contribution in [0.25, 0.3) is 0 Å². The first-order chi connectivity index (χ1) is 9.48. The van der Waals surface area contributed by atoms with Gasteiger partial charge in [0.2, 0.25) is 0 Å². The Morgan fingerprint density at radius 1 is 1.20 bits per heavy atom. The highest BCUT2D eigenvalue weighted by Crippen LogP contribution is 2.65. The predicted molar refractivity (Wildman–Crippen MR) is 80.3 cm³/mol. The third kappa shape index (κ3) is 1.63. The molecule has 0 heterocycles. The zero-order valence-corrected chi connectivity index (χ0v) is 13.2. The van der Waals surface area contributed by atoms with Crippen LogP contribution in [0.5, 0.6) is 0 Å². The van der Waals surface area contributed by atoms with Crippen molar-refractivity contribution in [2.45, 2.75) is 64.1 Å². The maximum atomic E-state index is 6.67. The lowest BCUT2D eigenvalue weighted by atomic mass is 9.54. The first kappa shape index (κ1) is 13.5. The smallest absolute Gasteiger partial charge is 0.0662 e. The molecule has 0 aromatic carbocycles. The molecule has 4 aliphatic rings. The van der Waals surface area contributed by atoms with Crippen LogP contribution in [-0.4, -0.2) is 30.8 Å². The first-order valence-corrected chi connectivity index (χ1v) is 8.62. The maximum Gasteiger partial charge on any atom is 0.0662 e. The minimum absolute atomic E-state index is 0.0806. The highest BCUT2D eigenvalue weighted by molar-refractivity contribution is 5.19. The van der Waals surface area contributed by atoms with E-state index in [0.717, 1.165) is 49.3 Å². The Kier molecular flexibility index (Phi) is 2.85. The van der Waals surface area contributed by atoms with Gasteiger partial charge >= 0.3 is 0 Å². The summed E-state index contributed by atoms with van der Waals surface area (Å²) >= 11 is 0. The lowest BCUT2D eigenvalue weighted by Crippen LogP contribution is -2.73. The summed E-state index contributed by atoms with van der Waals surface area (Å²) < 4.78 is 5.82. The van der Waals surface area contributed by atoms with Crippen LogP contribution in [0.4, 0.5) is 0 Å². The summed E-state index contributed by atoms with van der Waals surface area (Å²) in [6, 6.07) is 0.795. The third-order valence-corrected chi connectivity index (χ3v) is 7.39. The quantitative estimate of drug-likeness (QED) is 0.810. The largest absolute Gasteiger partial charge is 0.378 e. The van der Waals surface area contributed by atoms with Crippen molar-refractivity contribution in [1.29, 1.82) is 0 Å². The molecule has 6 unspecified atom stereocenters. The zero-order valence-electron chi connectivity index (χ0n) is 13.2. The van der Waals surface area contributed by atoms with E-state index in [-0.39, 0.29) is 11.0 Å². The minimum Gasteiger partial charge on any atom is -0.378 e. The van der Waals surface area contributed by atoms with E-state index in [1.807, 2.05) is 0 Å². The second kappa shape index (κ2) is 4.21. The summed E-state index contributed by atoms with van der Waals surface area (Å²) in [5.41, 5.74) is 6.69. The van der Waals surface area contributed by atoms with Crippen LogP contribution in [-0.2, 0) is 4.74 Å². The fourth-order valence-corrected chi connectivity index (χ4v) is 5.71. The van der Waals surface area contributed by atoms with Crippen molar-refractivity contribution in [3.05, 3.63) is 0 Å². The van der Waals surface area contributed by atoms with Gasteiger partial charge in [0, 0.05) is 30.1 Å². The van der Waals surface area contributed by atoms with Crippen LogP contribution in [0.1, 0.15) is 46.5 Å². The molecule has 0 spiro atoms. The molecule has 0 amide bonds. The van der Waals surface area contributed by atoms with Gasteiger partial charge in [0.1, 0.15) is 0 Å². The molecule has 3 N–H and O–H groups in total. The van der Waals surface area contributed by atoms with Gasteiger partial charge in [-0.15, -0.1) is 0 Å². The molecular formula is C17H30N2O. The lowest BCUT2D eigenvalue weighted by molar-refractivity contribution is -0.148. The number of nitrogens with two attached hydrogens (primary N) is 1. The van der Waals surface area contributed by atoms with Crippen LogP contribution in [0.3, 0.4) is 0 Å². The number of hydrogen-bond acceptors (Lipinski definition) is 3. The minimum atomic E-state index is -0.0806. The van der Waals surface area contributed by atoms with Crippen molar-refractivity contribution in [3.63, 3.8) is 0 Å². The van der Waals surface area contributed by atoms with E-state index in [2.05, 4.69) is 26.1 Å². The molecule has 2 bridgehead atoms. The van der Waals surface area contributed by atoms with Crippen LogP contribution in [0.2, 0.25) is 0 Å². The van der Waals surface area contributed by atoms with Crippen molar-refractivity contribution in [2.75, 3.05) is 13.2 Å². The Balaban J connectivity index is 1.33. The molecule has 0 saturated heterocycles. The standard InChI is InChI=1S/C17H30N2O/c1-4-20-12-8-17(18,16(12,2)3)9-19-15-13-10-5-6-11(7-10)14(13)15/h10-15,19H,4-9,18H2,1-3H3. The fourth-order valence-electron chi connectivity index (χ4n) is 5.71. The topological polar surface area (TPSA) is 47.3 Å². The van der Waals surface area contributed by atoms with Crippen molar-refractivity contribution >= 4 is 0 Å². The molecule has 4 fully saturated rings. The molecule has 114 valence electrons. The maximum absolute atomic E-state index is 6.67. The number of nitrogens with one attached hydrogen (secondary N) is 1. The van der Waals surface area contributed by atoms with Gasteiger partial charge in [-0.05, 0) is 56.3 Å². The van der Waals surface area contributed by atoms with Crippen LogP contribution >= 0.6 is 0 Å². The molecule has 0 radical (unpaired) electrons. The molecule has 3 nitrogen and oxygen atoms in total. The highest BCUT2D eigenvalue weighted by Gasteiger charge is 2.66. The van der Waals surface area contributed by atoms with E-state index in [1.54, 1.807) is 0 Å². The van der Waals surface area contributed by atoms with Gasteiger partial charge in [-0.2, -0.15) is 0 Å². The number of ether oxygens (including phenoxy) is 1. The number of hydrogen-bond donors (Lipinski definition) is 2. The summed E-state index contributed by atoms with van der Waals surface area (Å²) in [6.07, 6.45) is 5.87. The summed E-state index contributed by atoms with van der Waals surface area (Å²) in [5, 5.41) is 3.84. The molecule has 4 aliphatic carbocycles. The fraction of sp³-hybridized carbons (Fsp3) is 1.00. The molecule has 6 atom stereocenters. The summed E-state index contributed by atoms with van der Waals surface area (Å²) in [7, 11) is 0. The normalized spacial score (nSPS) is 54.6. The monoisotopic (exact) mass is 278 g/mol. The van der Waals surface area contributed by atoms with Crippen molar-refractivity contribution < 1.29 is 4.74 Å². The summed E-state index contributed by atoms with van der Waals surface area (Å²) in [6.45, 7) is 8.40. The van der Waals surface area contributed by atoms with Gasteiger partial charge in [-0.3, -0.25) is 0 Å². The first-order valence-electron chi connectivity index (χ1n) is 8.62. The Morgan fingerprint density at radius 3 is 2.40 bits per heavy atom. The van der Waals surface area contributed by atoms with Crippen molar-refractivity contribution in [1.82, 2.24) is 5.32 Å². The summed E-state index contributed by atoms with van der Waals surface area (Å²) in [4.78, 5) is 0. The number of rotatable bonds is 5. The molecule has 0 aromatic heterocycles. The van der Waals surface area contributed by atoms with Gasteiger partial charge in [-0.1, -0.05) is 13.8 Å². The van der Waals surface area contributed by atoms with Crippen LogP contribution in [0.15, 0.2) is 0 Å². The van der Waals surface area contributed by atoms with E-state index in [0.29, 0.717) is 6.10 Å². The molecular weight excluding hydrogens is 248 g/mol. The average Bonchev–Trinajstić information content (AvgIpc) is 2.79. The molecule has 20 heavy (non-hydrogen) atoms. The Bertz CT molecular complexity index is 394. The van der Waals surface area contributed by atoms with Crippen LogP contribution in [0, 0.1) is 29.1 Å².